The first-order chi connectivity index (χ1) is 12.8. The molecule has 3 rings (SSSR count). The van der Waals surface area contributed by atoms with Crippen LogP contribution < -0.4 is 5.32 Å². The number of aromatic hydroxyl groups is 1. The molecule has 3 amide bonds. The van der Waals surface area contributed by atoms with Gasteiger partial charge in [-0.15, -0.1) is 0 Å². The summed E-state index contributed by atoms with van der Waals surface area (Å²) < 4.78 is 0. The minimum absolute atomic E-state index is 0.0810. The number of aryl methyl sites for hydroxylation is 2. The number of thioether (sulfide) groups is 1. The lowest BCUT2D eigenvalue weighted by molar-refractivity contribution is -0.127. The third-order valence-corrected chi connectivity index (χ3v) is 4.98. The summed E-state index contributed by atoms with van der Waals surface area (Å²) in [7, 11) is 0. The Morgan fingerprint density at radius 3 is 2.67 bits per heavy atom. The van der Waals surface area contributed by atoms with Gasteiger partial charge in [0.15, 0.2) is 0 Å². The van der Waals surface area contributed by atoms with Crippen molar-refractivity contribution in [3.63, 3.8) is 0 Å². The van der Waals surface area contributed by atoms with Crippen LogP contribution in [0.25, 0.3) is 6.08 Å². The van der Waals surface area contributed by atoms with Crippen LogP contribution in [0, 0.1) is 13.8 Å². The van der Waals surface area contributed by atoms with E-state index in [4.69, 9.17) is 0 Å². The summed E-state index contributed by atoms with van der Waals surface area (Å²) in [5.74, 6) is -1.14. The molecule has 27 heavy (non-hydrogen) atoms. The van der Waals surface area contributed by atoms with E-state index in [-0.39, 0.29) is 16.3 Å². The number of phenols is 1. The van der Waals surface area contributed by atoms with Crippen molar-refractivity contribution in [2.45, 2.75) is 13.8 Å². The predicted molar refractivity (Wildman–Crippen MR) is 105 cm³/mol. The van der Waals surface area contributed by atoms with Gasteiger partial charge in [0.2, 0.25) is 5.91 Å². The molecule has 2 N–H and O–H groups in total. The highest BCUT2D eigenvalue weighted by Gasteiger charge is 2.36. The van der Waals surface area contributed by atoms with Crippen LogP contribution in [0.4, 0.5) is 10.5 Å². The number of hydrogen-bond donors (Lipinski definition) is 2. The summed E-state index contributed by atoms with van der Waals surface area (Å²) in [5.41, 5.74) is 2.92. The van der Waals surface area contributed by atoms with Gasteiger partial charge in [-0.05, 0) is 60.5 Å². The van der Waals surface area contributed by atoms with Gasteiger partial charge in [-0.3, -0.25) is 19.3 Å². The Balaban J connectivity index is 1.73. The van der Waals surface area contributed by atoms with Crippen molar-refractivity contribution in [1.82, 2.24) is 4.90 Å². The molecule has 2 aromatic carbocycles. The van der Waals surface area contributed by atoms with Gasteiger partial charge >= 0.3 is 0 Å². The number of hydrogen-bond acceptors (Lipinski definition) is 5. The first kappa shape index (κ1) is 18.7. The minimum Gasteiger partial charge on any atom is -0.506 e. The van der Waals surface area contributed by atoms with E-state index < -0.39 is 23.6 Å². The zero-order valence-electron chi connectivity index (χ0n) is 14.9. The maximum absolute atomic E-state index is 12.5. The summed E-state index contributed by atoms with van der Waals surface area (Å²) in [6.07, 6.45) is 1.66. The Bertz CT molecular complexity index is 968. The van der Waals surface area contributed by atoms with E-state index >= 15 is 0 Å². The lowest BCUT2D eigenvalue weighted by Gasteiger charge is -2.13. The predicted octanol–water partition coefficient (Wildman–Crippen LogP) is 3.68. The normalized spacial score (nSPS) is 15.5. The molecule has 0 atom stereocenters. The van der Waals surface area contributed by atoms with Crippen molar-refractivity contribution in [3.05, 3.63) is 64.1 Å². The number of carbonyl (C=O) groups is 3. The van der Waals surface area contributed by atoms with E-state index in [1.54, 1.807) is 18.2 Å². The molecule has 1 aliphatic heterocycles. The summed E-state index contributed by atoms with van der Waals surface area (Å²) in [6, 6.07) is 12.3. The number of carbonyl (C=O) groups excluding carboxylic acids is 3. The molecule has 0 saturated carbocycles. The summed E-state index contributed by atoms with van der Waals surface area (Å²) in [4.78, 5) is 38.1. The summed E-state index contributed by atoms with van der Waals surface area (Å²) >= 11 is 0.808. The van der Waals surface area contributed by atoms with Crippen LogP contribution in [-0.2, 0) is 9.59 Å². The standard InChI is InChI=1S/C20H18N2O4S/c1-12-7-8-16(23)15(9-12)21-18(24)11-22-19(25)17(27-20(22)26)10-14-6-4-3-5-13(14)2/h3-10,23H,11H2,1-2H3,(H,21,24)/b17-10-. The van der Waals surface area contributed by atoms with E-state index in [2.05, 4.69) is 5.32 Å². The van der Waals surface area contributed by atoms with Crippen molar-refractivity contribution in [2.75, 3.05) is 11.9 Å². The van der Waals surface area contributed by atoms with E-state index in [0.29, 0.717) is 0 Å². The fourth-order valence-corrected chi connectivity index (χ4v) is 3.44. The van der Waals surface area contributed by atoms with Gasteiger partial charge in [0.25, 0.3) is 11.1 Å². The largest absolute Gasteiger partial charge is 0.506 e. The lowest BCUT2D eigenvalue weighted by Crippen LogP contribution is -2.36. The molecule has 0 bridgehead atoms. The second-order valence-electron chi connectivity index (χ2n) is 6.19. The third-order valence-electron chi connectivity index (χ3n) is 4.08. The number of nitrogens with zero attached hydrogens (tertiary/aromatic N) is 1. The summed E-state index contributed by atoms with van der Waals surface area (Å²) in [6.45, 7) is 3.32. The fraction of sp³-hybridized carbons (Fsp3) is 0.150. The number of anilines is 1. The zero-order chi connectivity index (χ0) is 19.6. The molecule has 1 aliphatic rings. The van der Waals surface area contributed by atoms with Crippen LogP contribution in [0.3, 0.4) is 0 Å². The Morgan fingerprint density at radius 1 is 1.19 bits per heavy atom. The van der Waals surface area contributed by atoms with Crippen LogP contribution >= 0.6 is 11.8 Å². The molecule has 1 fully saturated rings. The molecule has 0 aromatic heterocycles. The number of benzene rings is 2. The highest BCUT2D eigenvalue weighted by atomic mass is 32.2. The molecule has 0 unspecified atom stereocenters. The van der Waals surface area contributed by atoms with E-state index in [1.165, 1.54) is 6.07 Å². The molecule has 1 saturated heterocycles. The summed E-state index contributed by atoms with van der Waals surface area (Å²) in [5, 5.41) is 11.8. The maximum Gasteiger partial charge on any atom is 0.294 e. The average molecular weight is 382 g/mol. The molecule has 0 radical (unpaired) electrons. The highest BCUT2D eigenvalue weighted by Crippen LogP contribution is 2.32. The monoisotopic (exact) mass is 382 g/mol. The first-order valence-corrected chi connectivity index (χ1v) is 9.07. The first-order valence-electron chi connectivity index (χ1n) is 8.25. The molecule has 2 aromatic rings. The van der Waals surface area contributed by atoms with Gasteiger partial charge in [-0.1, -0.05) is 30.3 Å². The second-order valence-corrected chi connectivity index (χ2v) is 7.19. The van der Waals surface area contributed by atoms with Gasteiger partial charge in [-0.2, -0.15) is 0 Å². The van der Waals surface area contributed by atoms with Crippen LogP contribution in [0.1, 0.15) is 16.7 Å². The maximum atomic E-state index is 12.5. The zero-order valence-corrected chi connectivity index (χ0v) is 15.7. The van der Waals surface area contributed by atoms with Crippen molar-refractivity contribution < 1.29 is 19.5 Å². The Labute approximate surface area is 160 Å². The number of rotatable bonds is 4. The Kier molecular flexibility index (Phi) is 5.32. The third kappa shape index (κ3) is 4.20. The van der Waals surface area contributed by atoms with Crippen LogP contribution in [0.5, 0.6) is 5.75 Å². The lowest BCUT2D eigenvalue weighted by atomic mass is 10.1. The SMILES string of the molecule is Cc1ccc(O)c(NC(=O)CN2C(=O)S/C(=C\c3ccccc3C)C2=O)c1. The van der Waals surface area contributed by atoms with Crippen molar-refractivity contribution >= 4 is 40.6 Å². The molecule has 0 aliphatic carbocycles. The minimum atomic E-state index is -0.560. The van der Waals surface area contributed by atoms with Crippen molar-refractivity contribution in [2.24, 2.45) is 0 Å². The van der Waals surface area contributed by atoms with Crippen molar-refractivity contribution in [3.8, 4) is 5.75 Å². The molecular weight excluding hydrogens is 364 g/mol. The molecule has 1 heterocycles. The van der Waals surface area contributed by atoms with Crippen LogP contribution in [0.15, 0.2) is 47.4 Å². The van der Waals surface area contributed by atoms with Crippen LogP contribution in [0.2, 0.25) is 0 Å². The average Bonchev–Trinajstić information content (AvgIpc) is 2.87. The van der Waals surface area contributed by atoms with E-state index in [0.717, 1.165) is 33.4 Å². The van der Waals surface area contributed by atoms with Crippen molar-refractivity contribution in [1.29, 1.82) is 0 Å². The van der Waals surface area contributed by atoms with E-state index in [1.807, 2.05) is 38.1 Å². The highest BCUT2D eigenvalue weighted by molar-refractivity contribution is 8.18. The topological polar surface area (TPSA) is 86.7 Å². The fourth-order valence-electron chi connectivity index (χ4n) is 2.61. The quantitative estimate of drug-likeness (QED) is 0.622. The Hall–Kier alpha value is -3.06. The van der Waals surface area contributed by atoms with Gasteiger partial charge in [-0.25, -0.2) is 0 Å². The van der Waals surface area contributed by atoms with Crippen LogP contribution in [-0.4, -0.2) is 33.6 Å². The molecule has 6 nitrogen and oxygen atoms in total. The second kappa shape index (κ2) is 7.67. The number of nitrogens with one attached hydrogen (secondary N) is 1. The molecule has 7 heteroatoms. The number of phenolic OH excluding ortho intramolecular Hbond substituents is 1. The smallest absolute Gasteiger partial charge is 0.294 e. The number of imide groups is 1. The molecule has 138 valence electrons. The van der Waals surface area contributed by atoms with E-state index in [9.17, 15) is 19.5 Å². The number of amides is 3. The Morgan fingerprint density at radius 2 is 1.93 bits per heavy atom. The molecule has 0 spiro atoms. The van der Waals surface area contributed by atoms with Gasteiger partial charge in [0.05, 0.1) is 10.6 Å². The van der Waals surface area contributed by atoms with Gasteiger partial charge < -0.3 is 10.4 Å². The van der Waals surface area contributed by atoms with Gasteiger partial charge in [0, 0.05) is 0 Å². The molecular formula is C20H18N2O4S. The van der Waals surface area contributed by atoms with Gasteiger partial charge in [0.1, 0.15) is 12.3 Å².